The molecule has 2 aromatic carbocycles. The first-order chi connectivity index (χ1) is 11.5. The highest BCUT2D eigenvalue weighted by molar-refractivity contribution is 7.99. The normalized spacial score (nSPS) is 10.7. The van der Waals surface area contributed by atoms with Gasteiger partial charge in [0.2, 0.25) is 0 Å². The molecule has 3 nitrogen and oxygen atoms in total. The van der Waals surface area contributed by atoms with E-state index in [-0.39, 0.29) is 5.91 Å². The summed E-state index contributed by atoms with van der Waals surface area (Å²) in [6.45, 7) is 2.81. The van der Waals surface area contributed by atoms with Crippen molar-refractivity contribution < 1.29 is 18.3 Å². The summed E-state index contributed by atoms with van der Waals surface area (Å²) in [4.78, 5) is 14.3. The second kappa shape index (κ2) is 8.68. The molecule has 0 N–H and O–H groups in total. The molecule has 0 aliphatic rings. The summed E-state index contributed by atoms with van der Waals surface area (Å²) < 4.78 is 30.2. The minimum Gasteiger partial charge on any atom is -0.492 e. The van der Waals surface area contributed by atoms with Gasteiger partial charge in [-0.2, -0.15) is 8.78 Å². The van der Waals surface area contributed by atoms with Gasteiger partial charge >= 0.3 is 0 Å². The molecule has 24 heavy (non-hydrogen) atoms. The fourth-order valence-electron chi connectivity index (χ4n) is 2.04. The zero-order valence-corrected chi connectivity index (χ0v) is 14.4. The van der Waals surface area contributed by atoms with Gasteiger partial charge in [0.25, 0.3) is 11.7 Å². The number of ether oxygens (including phenoxy) is 1. The van der Waals surface area contributed by atoms with Crippen LogP contribution in [-0.4, -0.2) is 36.8 Å². The van der Waals surface area contributed by atoms with E-state index in [1.807, 2.05) is 31.2 Å². The molecular formula is C18H19F2NO2S. The lowest BCUT2D eigenvalue weighted by Crippen LogP contribution is -2.30. The van der Waals surface area contributed by atoms with Crippen LogP contribution in [0.4, 0.5) is 8.78 Å². The van der Waals surface area contributed by atoms with E-state index in [1.54, 1.807) is 24.1 Å². The first-order valence-corrected chi connectivity index (χ1v) is 8.33. The van der Waals surface area contributed by atoms with Gasteiger partial charge in [-0.3, -0.25) is 4.79 Å². The highest BCUT2D eigenvalue weighted by Gasteiger charge is 2.12. The summed E-state index contributed by atoms with van der Waals surface area (Å²) in [5.41, 5.74) is 1.62. The number of halogens is 2. The molecule has 0 fully saturated rings. The predicted octanol–water partition coefficient (Wildman–Crippen LogP) is 4.46. The first-order valence-electron chi connectivity index (χ1n) is 7.45. The number of alkyl halides is 2. The Morgan fingerprint density at radius 3 is 2.33 bits per heavy atom. The number of thioether (sulfide) groups is 1. The van der Waals surface area contributed by atoms with Gasteiger partial charge in [-0.15, -0.1) is 0 Å². The Kier molecular flexibility index (Phi) is 6.61. The molecule has 2 rings (SSSR count). The van der Waals surface area contributed by atoms with E-state index in [0.717, 1.165) is 11.3 Å². The molecule has 0 aliphatic carbocycles. The van der Waals surface area contributed by atoms with Crippen LogP contribution in [0.5, 0.6) is 5.75 Å². The second-order valence-corrected chi connectivity index (χ2v) is 6.35. The fourth-order valence-corrected chi connectivity index (χ4v) is 2.53. The van der Waals surface area contributed by atoms with Crippen LogP contribution in [0.2, 0.25) is 0 Å². The number of amides is 1. The van der Waals surface area contributed by atoms with E-state index in [9.17, 15) is 13.6 Å². The Balaban J connectivity index is 1.84. The molecule has 0 saturated heterocycles. The number of hydrogen-bond donors (Lipinski definition) is 0. The minimum absolute atomic E-state index is 0.170. The third kappa shape index (κ3) is 5.53. The number of benzene rings is 2. The molecule has 6 heteroatoms. The number of nitrogens with zero attached hydrogens (tertiary/aromatic N) is 1. The molecule has 2 aromatic rings. The van der Waals surface area contributed by atoms with Crippen LogP contribution in [0, 0.1) is 6.92 Å². The maximum absolute atomic E-state index is 12.3. The van der Waals surface area contributed by atoms with Gasteiger partial charge in [0, 0.05) is 17.5 Å². The molecular weight excluding hydrogens is 332 g/mol. The molecule has 1 amide bonds. The maximum atomic E-state index is 12.3. The first kappa shape index (κ1) is 18.3. The molecule has 0 unspecified atom stereocenters. The van der Waals surface area contributed by atoms with Crippen LogP contribution in [0.1, 0.15) is 15.9 Å². The molecule has 0 bridgehead atoms. The molecule has 0 spiro atoms. The third-order valence-corrected chi connectivity index (χ3v) is 4.11. The molecule has 0 aromatic heterocycles. The van der Waals surface area contributed by atoms with Crippen LogP contribution in [0.3, 0.4) is 0 Å². The highest BCUT2D eigenvalue weighted by atomic mass is 32.2. The number of likely N-dealkylation sites (N-methyl/N-ethyl adjacent to an activating group) is 1. The van der Waals surface area contributed by atoms with Crippen LogP contribution >= 0.6 is 11.8 Å². The lowest BCUT2D eigenvalue weighted by molar-refractivity contribution is 0.0773. The molecule has 0 saturated carbocycles. The standard InChI is InChI=1S/C18H19F2NO2S/c1-13-3-7-15(8-4-13)23-12-11-21(2)17(22)14-5-9-16(10-6-14)24-18(19)20/h3-10,18H,11-12H2,1-2H3. The summed E-state index contributed by atoms with van der Waals surface area (Å²) >= 11 is 0.461. The Labute approximate surface area is 144 Å². The van der Waals surface area contributed by atoms with Crippen molar-refractivity contribution >= 4 is 17.7 Å². The average molecular weight is 351 g/mol. The Morgan fingerprint density at radius 2 is 1.75 bits per heavy atom. The fraction of sp³-hybridized carbons (Fsp3) is 0.278. The van der Waals surface area contributed by atoms with Gasteiger partial charge in [-0.05, 0) is 43.3 Å². The average Bonchev–Trinajstić information content (AvgIpc) is 2.56. The van der Waals surface area contributed by atoms with Crippen LogP contribution in [0.15, 0.2) is 53.4 Å². The summed E-state index contributed by atoms with van der Waals surface area (Å²) in [6.07, 6.45) is 0. The van der Waals surface area contributed by atoms with Gasteiger partial charge in [0.1, 0.15) is 12.4 Å². The maximum Gasteiger partial charge on any atom is 0.288 e. The zero-order chi connectivity index (χ0) is 17.5. The Morgan fingerprint density at radius 1 is 1.12 bits per heavy atom. The smallest absolute Gasteiger partial charge is 0.288 e. The number of rotatable bonds is 7. The van der Waals surface area contributed by atoms with Crippen molar-refractivity contribution in [3.8, 4) is 5.75 Å². The quantitative estimate of drug-likeness (QED) is 0.690. The number of hydrogen-bond acceptors (Lipinski definition) is 3. The van der Waals surface area contributed by atoms with Crippen molar-refractivity contribution in [1.82, 2.24) is 4.90 Å². The van der Waals surface area contributed by atoms with Crippen molar-refractivity contribution in [3.63, 3.8) is 0 Å². The van der Waals surface area contributed by atoms with Gasteiger partial charge in [0.15, 0.2) is 0 Å². The van der Waals surface area contributed by atoms with E-state index in [4.69, 9.17) is 4.74 Å². The largest absolute Gasteiger partial charge is 0.492 e. The summed E-state index contributed by atoms with van der Waals surface area (Å²) in [7, 11) is 1.68. The summed E-state index contributed by atoms with van der Waals surface area (Å²) in [6, 6.07) is 13.9. The Bertz CT molecular complexity index is 660. The van der Waals surface area contributed by atoms with Gasteiger partial charge in [0.05, 0.1) is 6.54 Å². The third-order valence-electron chi connectivity index (χ3n) is 3.39. The zero-order valence-electron chi connectivity index (χ0n) is 13.5. The van der Waals surface area contributed by atoms with Gasteiger partial charge in [-0.1, -0.05) is 29.5 Å². The highest BCUT2D eigenvalue weighted by Crippen LogP contribution is 2.25. The van der Waals surface area contributed by atoms with Crippen LogP contribution in [0.25, 0.3) is 0 Å². The van der Waals surface area contributed by atoms with E-state index < -0.39 is 5.76 Å². The van der Waals surface area contributed by atoms with Crippen molar-refractivity contribution in [2.24, 2.45) is 0 Å². The van der Waals surface area contributed by atoms with E-state index in [1.165, 1.54) is 12.1 Å². The van der Waals surface area contributed by atoms with Crippen LogP contribution in [-0.2, 0) is 0 Å². The molecule has 128 valence electrons. The topological polar surface area (TPSA) is 29.5 Å². The molecule has 0 aliphatic heterocycles. The Hall–Kier alpha value is -2.08. The molecule has 0 atom stereocenters. The second-order valence-electron chi connectivity index (χ2n) is 5.29. The van der Waals surface area contributed by atoms with Gasteiger partial charge < -0.3 is 9.64 Å². The van der Waals surface area contributed by atoms with E-state index in [2.05, 4.69) is 0 Å². The van der Waals surface area contributed by atoms with Gasteiger partial charge in [-0.25, -0.2) is 0 Å². The van der Waals surface area contributed by atoms with Crippen molar-refractivity contribution in [1.29, 1.82) is 0 Å². The number of carbonyl (C=O) groups is 1. The van der Waals surface area contributed by atoms with E-state index >= 15 is 0 Å². The number of aryl methyl sites for hydroxylation is 1. The lowest BCUT2D eigenvalue weighted by Gasteiger charge is -2.17. The lowest BCUT2D eigenvalue weighted by atomic mass is 10.2. The molecule has 0 heterocycles. The van der Waals surface area contributed by atoms with Crippen molar-refractivity contribution in [3.05, 3.63) is 59.7 Å². The number of carbonyl (C=O) groups excluding carboxylic acids is 1. The summed E-state index contributed by atoms with van der Waals surface area (Å²) in [5.74, 6) is -1.88. The van der Waals surface area contributed by atoms with E-state index in [0.29, 0.717) is 35.4 Å². The summed E-state index contributed by atoms with van der Waals surface area (Å²) in [5, 5.41) is 0. The SMILES string of the molecule is Cc1ccc(OCCN(C)C(=O)c2ccc(SC(F)F)cc2)cc1. The minimum atomic E-state index is -2.46. The monoisotopic (exact) mass is 351 g/mol. The molecule has 0 radical (unpaired) electrons. The van der Waals surface area contributed by atoms with Crippen molar-refractivity contribution in [2.45, 2.75) is 17.6 Å². The van der Waals surface area contributed by atoms with Crippen molar-refractivity contribution in [2.75, 3.05) is 20.2 Å². The predicted molar refractivity (Wildman–Crippen MR) is 91.9 cm³/mol. The van der Waals surface area contributed by atoms with Crippen LogP contribution < -0.4 is 4.74 Å².